The molecule has 1 atom stereocenters. The number of ether oxygens (including phenoxy) is 1. The molecule has 1 heterocycles. The number of anilines is 1. The standard InChI is InChI=1S/C29H31N3O3/c1-19(2)20-9-13-23(14-10-20)31-29(34)28(21-11-15-24(35-4)16-12-21)32(3)27(33)17-22-18-30-26-8-6-5-7-25(22)26/h5-16,18-19,28,30H,17H2,1-4H3,(H,31,34)/t28-/m0/s1. The van der Waals surface area contributed by atoms with Crippen molar-refractivity contribution < 1.29 is 14.3 Å². The first-order valence-electron chi connectivity index (χ1n) is 11.7. The molecule has 0 unspecified atom stereocenters. The van der Waals surface area contributed by atoms with Crippen molar-refractivity contribution in [1.82, 2.24) is 9.88 Å². The van der Waals surface area contributed by atoms with Gasteiger partial charge in [-0.1, -0.05) is 56.3 Å². The van der Waals surface area contributed by atoms with Crippen molar-refractivity contribution in [2.75, 3.05) is 19.5 Å². The van der Waals surface area contributed by atoms with Crippen LogP contribution in [-0.2, 0) is 16.0 Å². The number of fused-ring (bicyclic) bond motifs is 1. The zero-order valence-electron chi connectivity index (χ0n) is 20.5. The first-order valence-corrected chi connectivity index (χ1v) is 11.7. The van der Waals surface area contributed by atoms with Crippen LogP contribution in [0.1, 0.15) is 42.5 Å². The zero-order valence-corrected chi connectivity index (χ0v) is 20.5. The molecular weight excluding hydrogens is 438 g/mol. The average molecular weight is 470 g/mol. The van der Waals surface area contributed by atoms with Crippen LogP contribution in [0, 0.1) is 0 Å². The van der Waals surface area contributed by atoms with Crippen molar-refractivity contribution in [3.63, 3.8) is 0 Å². The summed E-state index contributed by atoms with van der Waals surface area (Å²) in [5.41, 5.74) is 4.47. The van der Waals surface area contributed by atoms with E-state index in [1.165, 1.54) is 10.5 Å². The SMILES string of the molecule is COc1ccc([C@@H](C(=O)Nc2ccc(C(C)C)cc2)N(C)C(=O)Cc2c[nH]c3ccccc23)cc1. The quantitative estimate of drug-likeness (QED) is 0.349. The minimum absolute atomic E-state index is 0.152. The highest BCUT2D eigenvalue weighted by atomic mass is 16.5. The Bertz CT molecular complexity index is 1310. The number of aromatic amines is 1. The molecule has 0 aliphatic rings. The normalized spacial score (nSPS) is 11.9. The lowest BCUT2D eigenvalue weighted by Gasteiger charge is -2.28. The van der Waals surface area contributed by atoms with Gasteiger partial charge in [0.05, 0.1) is 13.5 Å². The lowest BCUT2D eigenvalue weighted by molar-refractivity contribution is -0.136. The maximum atomic E-state index is 13.5. The summed E-state index contributed by atoms with van der Waals surface area (Å²) >= 11 is 0. The van der Waals surface area contributed by atoms with E-state index in [1.807, 2.05) is 66.9 Å². The maximum Gasteiger partial charge on any atom is 0.251 e. The molecule has 0 bridgehead atoms. The number of para-hydroxylation sites is 1. The van der Waals surface area contributed by atoms with E-state index in [-0.39, 0.29) is 18.2 Å². The predicted octanol–water partition coefficient (Wildman–Crippen LogP) is 5.68. The van der Waals surface area contributed by atoms with E-state index in [0.717, 1.165) is 16.5 Å². The fraction of sp³-hybridized carbons (Fsp3) is 0.241. The van der Waals surface area contributed by atoms with Gasteiger partial charge in [-0.25, -0.2) is 0 Å². The Morgan fingerprint density at radius 1 is 0.943 bits per heavy atom. The molecule has 0 saturated heterocycles. The Morgan fingerprint density at radius 3 is 2.26 bits per heavy atom. The van der Waals surface area contributed by atoms with E-state index < -0.39 is 6.04 Å². The highest BCUT2D eigenvalue weighted by Gasteiger charge is 2.29. The molecule has 0 radical (unpaired) electrons. The van der Waals surface area contributed by atoms with Crippen molar-refractivity contribution in [3.05, 3.63) is 95.7 Å². The molecule has 3 aromatic carbocycles. The van der Waals surface area contributed by atoms with Crippen LogP contribution in [0.4, 0.5) is 5.69 Å². The third kappa shape index (κ3) is 5.38. The van der Waals surface area contributed by atoms with E-state index in [4.69, 9.17) is 4.74 Å². The predicted molar refractivity (Wildman–Crippen MR) is 140 cm³/mol. The second kappa shape index (κ2) is 10.5. The summed E-state index contributed by atoms with van der Waals surface area (Å²) in [6.07, 6.45) is 2.04. The summed E-state index contributed by atoms with van der Waals surface area (Å²) in [7, 11) is 3.27. The number of amides is 2. The second-order valence-corrected chi connectivity index (χ2v) is 8.98. The summed E-state index contributed by atoms with van der Waals surface area (Å²) in [6.45, 7) is 4.25. The molecule has 0 spiro atoms. The molecule has 0 aliphatic heterocycles. The number of carbonyl (C=O) groups excluding carboxylic acids is 2. The minimum Gasteiger partial charge on any atom is -0.497 e. The molecule has 4 aromatic rings. The summed E-state index contributed by atoms with van der Waals surface area (Å²) < 4.78 is 5.27. The Kier molecular flexibility index (Phi) is 7.20. The Morgan fingerprint density at radius 2 is 1.60 bits per heavy atom. The van der Waals surface area contributed by atoms with Crippen LogP contribution in [0.5, 0.6) is 5.75 Å². The Hall–Kier alpha value is -4.06. The highest BCUT2D eigenvalue weighted by molar-refractivity contribution is 5.98. The van der Waals surface area contributed by atoms with E-state index in [2.05, 4.69) is 24.1 Å². The number of aromatic nitrogens is 1. The fourth-order valence-corrected chi connectivity index (χ4v) is 4.21. The number of benzene rings is 3. The summed E-state index contributed by atoms with van der Waals surface area (Å²) in [5, 5.41) is 3.99. The molecule has 6 heteroatoms. The number of H-pyrrole nitrogens is 1. The van der Waals surface area contributed by atoms with Crippen LogP contribution in [0.3, 0.4) is 0 Å². The van der Waals surface area contributed by atoms with Crippen molar-refractivity contribution in [2.24, 2.45) is 0 Å². The van der Waals surface area contributed by atoms with Crippen LogP contribution in [-0.4, -0.2) is 35.9 Å². The number of hydrogen-bond acceptors (Lipinski definition) is 3. The molecule has 0 aliphatic carbocycles. The van der Waals surface area contributed by atoms with Crippen molar-refractivity contribution in [2.45, 2.75) is 32.2 Å². The van der Waals surface area contributed by atoms with Crippen molar-refractivity contribution in [3.8, 4) is 5.75 Å². The van der Waals surface area contributed by atoms with Gasteiger partial charge in [0.1, 0.15) is 11.8 Å². The van der Waals surface area contributed by atoms with Crippen LogP contribution in [0.15, 0.2) is 79.0 Å². The van der Waals surface area contributed by atoms with Gasteiger partial charge in [-0.15, -0.1) is 0 Å². The topological polar surface area (TPSA) is 74.4 Å². The third-order valence-electron chi connectivity index (χ3n) is 6.32. The number of likely N-dealkylation sites (N-methyl/N-ethyl adjacent to an activating group) is 1. The van der Waals surface area contributed by atoms with E-state index in [1.54, 1.807) is 26.3 Å². The summed E-state index contributed by atoms with van der Waals surface area (Å²) in [6, 6.07) is 22.1. The number of methoxy groups -OCH3 is 1. The molecule has 2 amide bonds. The van der Waals surface area contributed by atoms with Gasteiger partial charge >= 0.3 is 0 Å². The van der Waals surface area contributed by atoms with Gasteiger partial charge in [-0.3, -0.25) is 9.59 Å². The highest BCUT2D eigenvalue weighted by Crippen LogP contribution is 2.27. The van der Waals surface area contributed by atoms with Gasteiger partial charge in [0.25, 0.3) is 5.91 Å². The number of nitrogens with zero attached hydrogens (tertiary/aromatic N) is 1. The summed E-state index contributed by atoms with van der Waals surface area (Å²) in [5.74, 6) is 0.660. The third-order valence-corrected chi connectivity index (χ3v) is 6.32. The molecular formula is C29H31N3O3. The maximum absolute atomic E-state index is 13.5. The minimum atomic E-state index is -0.802. The Balaban J connectivity index is 1.59. The molecule has 0 fully saturated rings. The van der Waals surface area contributed by atoms with Crippen molar-refractivity contribution >= 4 is 28.4 Å². The second-order valence-electron chi connectivity index (χ2n) is 8.98. The van der Waals surface area contributed by atoms with Gasteiger partial charge in [-0.05, 0) is 52.9 Å². The van der Waals surface area contributed by atoms with Gasteiger partial charge in [0, 0.05) is 29.8 Å². The lowest BCUT2D eigenvalue weighted by Crippen LogP contribution is -2.39. The first-order chi connectivity index (χ1) is 16.9. The van der Waals surface area contributed by atoms with Gasteiger partial charge < -0.3 is 19.9 Å². The number of hydrogen-bond donors (Lipinski definition) is 2. The molecule has 0 saturated carbocycles. The monoisotopic (exact) mass is 469 g/mol. The lowest BCUT2D eigenvalue weighted by atomic mass is 10.0. The fourth-order valence-electron chi connectivity index (χ4n) is 4.21. The van der Waals surface area contributed by atoms with Gasteiger partial charge in [-0.2, -0.15) is 0 Å². The molecule has 2 N–H and O–H groups in total. The van der Waals surface area contributed by atoms with E-state index in [9.17, 15) is 9.59 Å². The average Bonchev–Trinajstić information content (AvgIpc) is 3.27. The number of carbonyl (C=O) groups is 2. The zero-order chi connectivity index (χ0) is 24.9. The summed E-state index contributed by atoms with van der Waals surface area (Å²) in [4.78, 5) is 31.6. The van der Waals surface area contributed by atoms with Crippen LogP contribution in [0.2, 0.25) is 0 Å². The van der Waals surface area contributed by atoms with E-state index in [0.29, 0.717) is 22.9 Å². The first kappa shape index (κ1) is 24.1. The molecule has 1 aromatic heterocycles. The number of nitrogens with one attached hydrogen (secondary N) is 2. The van der Waals surface area contributed by atoms with Gasteiger partial charge in [0.2, 0.25) is 5.91 Å². The van der Waals surface area contributed by atoms with Crippen molar-refractivity contribution in [1.29, 1.82) is 0 Å². The number of rotatable bonds is 8. The van der Waals surface area contributed by atoms with E-state index >= 15 is 0 Å². The van der Waals surface area contributed by atoms with Crippen LogP contribution < -0.4 is 10.1 Å². The smallest absolute Gasteiger partial charge is 0.251 e. The van der Waals surface area contributed by atoms with Crippen LogP contribution >= 0.6 is 0 Å². The van der Waals surface area contributed by atoms with Gasteiger partial charge in [0.15, 0.2) is 0 Å². The Labute approximate surface area is 205 Å². The molecule has 4 rings (SSSR count). The largest absolute Gasteiger partial charge is 0.497 e. The molecule has 180 valence electrons. The molecule has 6 nitrogen and oxygen atoms in total. The molecule has 35 heavy (non-hydrogen) atoms. The van der Waals surface area contributed by atoms with Crippen LogP contribution in [0.25, 0.3) is 10.9 Å².